The van der Waals surface area contributed by atoms with Crippen molar-refractivity contribution in [2.24, 2.45) is 0 Å². The van der Waals surface area contributed by atoms with Gasteiger partial charge in [0.05, 0.1) is 4.90 Å². The quantitative estimate of drug-likeness (QED) is 0.612. The normalized spacial score (nSPS) is 20.1. The molecule has 1 aromatic heterocycles. The predicted molar refractivity (Wildman–Crippen MR) is 130 cm³/mol. The molecule has 6 nitrogen and oxygen atoms in total. The fourth-order valence-electron chi connectivity index (χ4n) is 4.95. The Labute approximate surface area is 194 Å². The van der Waals surface area contributed by atoms with Crippen molar-refractivity contribution in [1.29, 1.82) is 0 Å². The van der Waals surface area contributed by atoms with Crippen LogP contribution in [0.1, 0.15) is 48.5 Å². The first-order valence-electron chi connectivity index (χ1n) is 11.6. The molecule has 1 fully saturated rings. The zero-order chi connectivity index (χ0) is 23.0. The standard InChI is InChI=1S/C26H29N3O3S/c1-19-6-4-5-15-29(19)33(31,32)22-11-9-21(10-12-22)26(30)28-16-13-20(14-17-28)24-18-27-25-8-3-2-7-23(24)25/h2-3,7-13,18-19,27H,4-6,14-17H2,1H3. The molecule has 33 heavy (non-hydrogen) atoms. The molecule has 3 aromatic rings. The minimum absolute atomic E-state index is 0.0107. The molecule has 0 spiro atoms. The van der Waals surface area contributed by atoms with Crippen molar-refractivity contribution in [1.82, 2.24) is 14.2 Å². The number of sulfonamides is 1. The highest BCUT2D eigenvalue weighted by Gasteiger charge is 2.31. The van der Waals surface area contributed by atoms with Crippen LogP contribution in [0.2, 0.25) is 0 Å². The molecular weight excluding hydrogens is 434 g/mol. The van der Waals surface area contributed by atoms with Gasteiger partial charge in [-0.3, -0.25) is 4.79 Å². The Morgan fingerprint density at radius 1 is 1.03 bits per heavy atom. The summed E-state index contributed by atoms with van der Waals surface area (Å²) in [5.74, 6) is -0.0699. The molecule has 172 valence electrons. The van der Waals surface area contributed by atoms with Gasteiger partial charge < -0.3 is 9.88 Å². The van der Waals surface area contributed by atoms with Crippen molar-refractivity contribution in [3.8, 4) is 0 Å². The van der Waals surface area contributed by atoms with Gasteiger partial charge >= 0.3 is 0 Å². The molecule has 0 bridgehead atoms. The van der Waals surface area contributed by atoms with Crippen LogP contribution in [-0.4, -0.2) is 54.2 Å². The number of hydrogen-bond acceptors (Lipinski definition) is 3. The number of piperidine rings is 1. The number of para-hydroxylation sites is 1. The van der Waals surface area contributed by atoms with Gasteiger partial charge in [0, 0.05) is 53.9 Å². The Morgan fingerprint density at radius 3 is 2.55 bits per heavy atom. The number of nitrogens with zero attached hydrogens (tertiary/aromatic N) is 2. The van der Waals surface area contributed by atoms with Crippen molar-refractivity contribution < 1.29 is 13.2 Å². The van der Waals surface area contributed by atoms with Crippen molar-refractivity contribution in [2.45, 2.75) is 43.5 Å². The lowest BCUT2D eigenvalue weighted by Crippen LogP contribution is -2.41. The predicted octanol–water partition coefficient (Wildman–Crippen LogP) is 4.66. The topological polar surface area (TPSA) is 73.5 Å². The molecule has 2 aliphatic heterocycles. The summed E-state index contributed by atoms with van der Waals surface area (Å²) in [7, 11) is -3.53. The van der Waals surface area contributed by atoms with Crippen LogP contribution in [-0.2, 0) is 10.0 Å². The first kappa shape index (κ1) is 21.9. The number of rotatable bonds is 4. The van der Waals surface area contributed by atoms with E-state index in [1.807, 2.05) is 30.2 Å². The monoisotopic (exact) mass is 463 g/mol. The van der Waals surface area contributed by atoms with Gasteiger partial charge in [0.1, 0.15) is 0 Å². The first-order chi connectivity index (χ1) is 15.9. The number of H-pyrrole nitrogens is 1. The highest BCUT2D eigenvalue weighted by molar-refractivity contribution is 7.89. The van der Waals surface area contributed by atoms with E-state index in [2.05, 4.69) is 23.2 Å². The Morgan fingerprint density at radius 2 is 1.82 bits per heavy atom. The van der Waals surface area contributed by atoms with Gasteiger partial charge in [0.15, 0.2) is 0 Å². The Bertz CT molecular complexity index is 1310. The maximum Gasteiger partial charge on any atom is 0.254 e. The number of aromatic amines is 1. The minimum Gasteiger partial charge on any atom is -0.361 e. The average molecular weight is 464 g/mol. The van der Waals surface area contributed by atoms with Gasteiger partial charge in [-0.15, -0.1) is 0 Å². The molecule has 2 aromatic carbocycles. The van der Waals surface area contributed by atoms with E-state index in [4.69, 9.17) is 0 Å². The van der Waals surface area contributed by atoms with Crippen molar-refractivity contribution >= 4 is 32.4 Å². The van der Waals surface area contributed by atoms with E-state index in [0.29, 0.717) is 25.2 Å². The fourth-order valence-corrected chi connectivity index (χ4v) is 6.65. The molecule has 0 saturated carbocycles. The maximum atomic E-state index is 13.1. The molecule has 2 aliphatic rings. The summed E-state index contributed by atoms with van der Waals surface area (Å²) in [6.07, 6.45) is 7.78. The third-order valence-electron chi connectivity index (χ3n) is 6.88. The first-order valence-corrected chi connectivity index (χ1v) is 13.1. The third kappa shape index (κ3) is 4.11. The zero-order valence-electron chi connectivity index (χ0n) is 18.8. The van der Waals surface area contributed by atoms with Crippen LogP contribution >= 0.6 is 0 Å². The second-order valence-corrected chi connectivity index (χ2v) is 10.9. The molecule has 3 heterocycles. The summed E-state index contributed by atoms with van der Waals surface area (Å²) in [6.45, 7) is 3.70. The highest BCUT2D eigenvalue weighted by atomic mass is 32.2. The van der Waals surface area contributed by atoms with Gasteiger partial charge in [-0.2, -0.15) is 4.31 Å². The van der Waals surface area contributed by atoms with Gasteiger partial charge in [0.25, 0.3) is 5.91 Å². The van der Waals surface area contributed by atoms with Crippen molar-refractivity contribution in [2.75, 3.05) is 19.6 Å². The average Bonchev–Trinajstić information content (AvgIpc) is 3.28. The van der Waals surface area contributed by atoms with Crippen LogP contribution in [0.4, 0.5) is 0 Å². The van der Waals surface area contributed by atoms with E-state index in [1.165, 1.54) is 16.5 Å². The number of hydrogen-bond donors (Lipinski definition) is 1. The summed E-state index contributed by atoms with van der Waals surface area (Å²) >= 11 is 0. The fraction of sp³-hybridized carbons (Fsp3) is 0.346. The number of aromatic nitrogens is 1. The Hall–Kier alpha value is -2.90. The van der Waals surface area contributed by atoms with Crippen LogP contribution in [0.15, 0.2) is 65.7 Å². The minimum atomic E-state index is -3.53. The largest absolute Gasteiger partial charge is 0.361 e. The lowest BCUT2D eigenvalue weighted by molar-refractivity contribution is 0.0772. The number of fused-ring (bicyclic) bond motifs is 1. The highest BCUT2D eigenvalue weighted by Crippen LogP contribution is 2.30. The number of carbonyl (C=O) groups excluding carboxylic acids is 1. The van der Waals surface area contributed by atoms with Crippen LogP contribution in [0, 0.1) is 0 Å². The van der Waals surface area contributed by atoms with E-state index < -0.39 is 10.0 Å². The van der Waals surface area contributed by atoms with Gasteiger partial charge in [0.2, 0.25) is 10.0 Å². The smallest absolute Gasteiger partial charge is 0.254 e. The van der Waals surface area contributed by atoms with E-state index in [9.17, 15) is 13.2 Å². The molecule has 1 saturated heterocycles. The van der Waals surface area contributed by atoms with Gasteiger partial charge in [-0.1, -0.05) is 30.7 Å². The second kappa shape index (κ2) is 8.80. The number of benzene rings is 2. The second-order valence-electron chi connectivity index (χ2n) is 8.96. The van der Waals surface area contributed by atoms with Crippen LogP contribution < -0.4 is 0 Å². The summed E-state index contributed by atoms with van der Waals surface area (Å²) in [5, 5.41) is 1.20. The number of nitrogens with one attached hydrogen (secondary N) is 1. The third-order valence-corrected chi connectivity index (χ3v) is 8.91. The molecule has 5 rings (SSSR count). The van der Waals surface area contributed by atoms with Gasteiger partial charge in [-0.05, 0) is 62.1 Å². The van der Waals surface area contributed by atoms with Crippen LogP contribution in [0.5, 0.6) is 0 Å². The molecule has 1 amide bonds. The molecule has 0 radical (unpaired) electrons. The van der Waals surface area contributed by atoms with Crippen molar-refractivity contribution in [3.63, 3.8) is 0 Å². The molecule has 1 N–H and O–H groups in total. The van der Waals surface area contributed by atoms with E-state index in [-0.39, 0.29) is 16.8 Å². The summed E-state index contributed by atoms with van der Waals surface area (Å²) in [5.41, 5.74) is 4.07. The Kier molecular flexibility index (Phi) is 5.85. The molecule has 1 atom stereocenters. The summed E-state index contributed by atoms with van der Waals surface area (Å²) in [6, 6.07) is 14.7. The lowest BCUT2D eigenvalue weighted by Gasteiger charge is -2.32. The molecule has 7 heteroatoms. The zero-order valence-corrected chi connectivity index (χ0v) is 19.6. The molecule has 1 unspecified atom stereocenters. The van der Waals surface area contributed by atoms with Crippen LogP contribution in [0.3, 0.4) is 0 Å². The lowest BCUT2D eigenvalue weighted by atomic mass is 9.98. The molecular formula is C26H29N3O3S. The van der Waals surface area contributed by atoms with Crippen molar-refractivity contribution in [3.05, 3.63) is 71.9 Å². The molecule has 0 aliphatic carbocycles. The maximum absolute atomic E-state index is 13.1. The number of carbonyl (C=O) groups is 1. The summed E-state index contributed by atoms with van der Waals surface area (Å²) < 4.78 is 27.7. The van der Waals surface area contributed by atoms with E-state index >= 15 is 0 Å². The van der Waals surface area contributed by atoms with E-state index in [1.54, 1.807) is 28.6 Å². The van der Waals surface area contributed by atoms with Crippen LogP contribution in [0.25, 0.3) is 16.5 Å². The van der Waals surface area contributed by atoms with Gasteiger partial charge in [-0.25, -0.2) is 8.42 Å². The SMILES string of the molecule is CC1CCCCN1S(=O)(=O)c1ccc(C(=O)N2CC=C(c3c[nH]c4ccccc34)CC2)cc1. The number of amides is 1. The Balaban J connectivity index is 1.29. The summed E-state index contributed by atoms with van der Waals surface area (Å²) in [4.78, 5) is 18.4. The van der Waals surface area contributed by atoms with E-state index in [0.717, 1.165) is 31.2 Å².